The Kier molecular flexibility index (Phi) is 3.86. The van der Waals surface area contributed by atoms with Crippen molar-refractivity contribution in [1.29, 1.82) is 0 Å². The van der Waals surface area contributed by atoms with Crippen LogP contribution >= 0.6 is 11.6 Å². The maximum Gasteiger partial charge on any atom is 0.237 e. The molecule has 1 heterocycles. The second-order valence-corrected chi connectivity index (χ2v) is 3.55. The molecule has 1 aliphatic heterocycles. The zero-order chi connectivity index (χ0) is 8.97. The summed E-state index contributed by atoms with van der Waals surface area (Å²) in [5.41, 5.74) is 0. The number of carbonyl (C=O) groups is 1. The average molecular weight is 190 g/mol. The lowest BCUT2D eigenvalue weighted by atomic mass is 10.0. The molecular weight excluding hydrogens is 174 g/mol. The molecular formula is C9H16ClNO. The molecule has 0 aromatic carbocycles. The molecule has 0 aromatic heterocycles. The number of piperidine rings is 1. The molecule has 0 aliphatic carbocycles. The first-order chi connectivity index (χ1) is 5.79. The minimum atomic E-state index is 0.100. The number of amides is 1. The van der Waals surface area contributed by atoms with Gasteiger partial charge in [-0.1, -0.05) is 6.92 Å². The molecule has 0 saturated carbocycles. The summed E-state index contributed by atoms with van der Waals surface area (Å²) in [7, 11) is 0. The average Bonchev–Trinajstić information content (AvgIpc) is 2.16. The van der Waals surface area contributed by atoms with Gasteiger partial charge in [0, 0.05) is 12.6 Å². The monoisotopic (exact) mass is 189 g/mol. The first-order valence-electron chi connectivity index (χ1n) is 4.65. The van der Waals surface area contributed by atoms with Gasteiger partial charge in [0.2, 0.25) is 5.91 Å². The van der Waals surface area contributed by atoms with Gasteiger partial charge < -0.3 is 4.90 Å². The standard InChI is InChI=1S/C9H16ClNO/c1-2-8-5-3-4-6-11(8)9(12)7-10/h8H,2-7H2,1H3/t8-/m1/s1. The quantitative estimate of drug-likeness (QED) is 0.609. The SMILES string of the molecule is CC[C@@H]1CCCCN1C(=O)CCl. The number of likely N-dealkylation sites (tertiary alicyclic amines) is 1. The van der Waals surface area contributed by atoms with E-state index >= 15 is 0 Å². The van der Waals surface area contributed by atoms with Gasteiger partial charge in [-0.3, -0.25) is 4.79 Å². The normalized spacial score (nSPS) is 24.2. The Morgan fingerprint density at radius 3 is 2.92 bits per heavy atom. The van der Waals surface area contributed by atoms with Crippen molar-refractivity contribution in [3.05, 3.63) is 0 Å². The van der Waals surface area contributed by atoms with Crippen molar-refractivity contribution in [3.8, 4) is 0 Å². The Hall–Kier alpha value is -0.240. The van der Waals surface area contributed by atoms with Crippen molar-refractivity contribution >= 4 is 17.5 Å². The summed E-state index contributed by atoms with van der Waals surface area (Å²) in [5, 5.41) is 0. The van der Waals surface area contributed by atoms with Crippen LogP contribution in [0.4, 0.5) is 0 Å². The van der Waals surface area contributed by atoms with Gasteiger partial charge in [-0.15, -0.1) is 11.6 Å². The summed E-state index contributed by atoms with van der Waals surface area (Å²) in [4.78, 5) is 13.3. The molecule has 3 heteroatoms. The summed E-state index contributed by atoms with van der Waals surface area (Å²) in [6.45, 7) is 3.04. The van der Waals surface area contributed by atoms with E-state index in [1.165, 1.54) is 6.42 Å². The number of nitrogens with zero attached hydrogens (tertiary/aromatic N) is 1. The fourth-order valence-electron chi connectivity index (χ4n) is 1.83. The summed E-state index contributed by atoms with van der Waals surface area (Å²) in [5.74, 6) is 0.236. The van der Waals surface area contributed by atoms with Crippen LogP contribution in [-0.2, 0) is 4.79 Å². The minimum Gasteiger partial charge on any atom is -0.339 e. The highest BCUT2D eigenvalue weighted by atomic mass is 35.5. The van der Waals surface area contributed by atoms with Crippen molar-refractivity contribution in [1.82, 2.24) is 4.90 Å². The van der Waals surface area contributed by atoms with Crippen molar-refractivity contribution < 1.29 is 4.79 Å². The van der Waals surface area contributed by atoms with Gasteiger partial charge in [0.25, 0.3) is 0 Å². The van der Waals surface area contributed by atoms with Gasteiger partial charge in [0.05, 0.1) is 0 Å². The zero-order valence-corrected chi connectivity index (χ0v) is 8.31. The van der Waals surface area contributed by atoms with Gasteiger partial charge in [-0.25, -0.2) is 0 Å². The number of hydrogen-bond donors (Lipinski definition) is 0. The number of halogens is 1. The van der Waals surface area contributed by atoms with E-state index in [9.17, 15) is 4.79 Å². The molecule has 1 saturated heterocycles. The Bertz CT molecular complexity index is 161. The van der Waals surface area contributed by atoms with E-state index in [1.54, 1.807) is 0 Å². The first-order valence-corrected chi connectivity index (χ1v) is 5.18. The second-order valence-electron chi connectivity index (χ2n) is 3.28. The molecule has 0 radical (unpaired) electrons. The lowest BCUT2D eigenvalue weighted by Gasteiger charge is -2.34. The molecule has 1 rings (SSSR count). The highest BCUT2D eigenvalue weighted by molar-refractivity contribution is 6.27. The van der Waals surface area contributed by atoms with E-state index in [1.807, 2.05) is 4.90 Å². The van der Waals surface area contributed by atoms with Crippen molar-refractivity contribution in [3.63, 3.8) is 0 Å². The maximum atomic E-state index is 11.3. The van der Waals surface area contributed by atoms with Crippen LogP contribution in [0.1, 0.15) is 32.6 Å². The first kappa shape index (κ1) is 9.85. The molecule has 1 fully saturated rings. The minimum absolute atomic E-state index is 0.100. The van der Waals surface area contributed by atoms with Crippen LogP contribution < -0.4 is 0 Å². The van der Waals surface area contributed by atoms with E-state index in [4.69, 9.17) is 11.6 Å². The molecule has 1 aliphatic rings. The van der Waals surface area contributed by atoms with Gasteiger partial charge in [-0.2, -0.15) is 0 Å². The van der Waals surface area contributed by atoms with Gasteiger partial charge in [0.1, 0.15) is 5.88 Å². The number of alkyl halides is 1. The summed E-state index contributed by atoms with van der Waals surface area (Å²) in [6, 6.07) is 0.449. The van der Waals surface area contributed by atoms with Crippen molar-refractivity contribution in [2.45, 2.75) is 38.6 Å². The van der Waals surface area contributed by atoms with E-state index in [0.717, 1.165) is 25.8 Å². The Morgan fingerprint density at radius 1 is 1.58 bits per heavy atom. The lowest BCUT2D eigenvalue weighted by molar-refractivity contribution is -0.132. The van der Waals surface area contributed by atoms with Crippen molar-refractivity contribution in [2.24, 2.45) is 0 Å². The Balaban J connectivity index is 2.52. The molecule has 0 aromatic rings. The van der Waals surface area contributed by atoms with Crippen LogP contribution in [0.15, 0.2) is 0 Å². The highest BCUT2D eigenvalue weighted by Crippen LogP contribution is 2.19. The molecule has 12 heavy (non-hydrogen) atoms. The number of hydrogen-bond acceptors (Lipinski definition) is 1. The largest absolute Gasteiger partial charge is 0.339 e. The van der Waals surface area contributed by atoms with Crippen LogP contribution in [0.3, 0.4) is 0 Å². The van der Waals surface area contributed by atoms with Crippen LogP contribution in [0, 0.1) is 0 Å². The topological polar surface area (TPSA) is 20.3 Å². The third kappa shape index (κ3) is 2.13. The lowest BCUT2D eigenvalue weighted by Crippen LogP contribution is -2.43. The number of carbonyl (C=O) groups excluding carboxylic acids is 1. The second kappa shape index (κ2) is 4.70. The fraction of sp³-hybridized carbons (Fsp3) is 0.889. The molecule has 2 nitrogen and oxygen atoms in total. The smallest absolute Gasteiger partial charge is 0.237 e. The van der Waals surface area contributed by atoms with Crippen LogP contribution in [0.2, 0.25) is 0 Å². The highest BCUT2D eigenvalue weighted by Gasteiger charge is 2.23. The molecule has 70 valence electrons. The predicted molar refractivity (Wildman–Crippen MR) is 50.4 cm³/mol. The molecule has 0 N–H and O–H groups in total. The van der Waals surface area contributed by atoms with E-state index < -0.39 is 0 Å². The van der Waals surface area contributed by atoms with Gasteiger partial charge in [-0.05, 0) is 25.7 Å². The number of rotatable bonds is 2. The molecule has 0 bridgehead atoms. The third-order valence-corrected chi connectivity index (χ3v) is 2.76. The van der Waals surface area contributed by atoms with E-state index in [-0.39, 0.29) is 11.8 Å². The summed E-state index contributed by atoms with van der Waals surface area (Å²) in [6.07, 6.45) is 4.60. The van der Waals surface area contributed by atoms with Gasteiger partial charge in [0.15, 0.2) is 0 Å². The van der Waals surface area contributed by atoms with Crippen LogP contribution in [0.25, 0.3) is 0 Å². The fourth-order valence-corrected chi connectivity index (χ4v) is 1.98. The Labute approximate surface area is 78.9 Å². The maximum absolute atomic E-state index is 11.3. The summed E-state index contributed by atoms with van der Waals surface area (Å²) >= 11 is 5.52. The Morgan fingerprint density at radius 2 is 2.33 bits per heavy atom. The summed E-state index contributed by atoms with van der Waals surface area (Å²) < 4.78 is 0. The van der Waals surface area contributed by atoms with Crippen LogP contribution in [-0.4, -0.2) is 29.3 Å². The molecule has 1 atom stereocenters. The predicted octanol–water partition coefficient (Wildman–Crippen LogP) is 2.02. The van der Waals surface area contributed by atoms with E-state index in [0.29, 0.717) is 6.04 Å². The third-order valence-electron chi connectivity index (χ3n) is 2.53. The van der Waals surface area contributed by atoms with Crippen molar-refractivity contribution in [2.75, 3.05) is 12.4 Å². The van der Waals surface area contributed by atoms with Crippen LogP contribution in [0.5, 0.6) is 0 Å². The zero-order valence-electron chi connectivity index (χ0n) is 7.55. The molecule has 0 spiro atoms. The van der Waals surface area contributed by atoms with Gasteiger partial charge >= 0.3 is 0 Å². The molecule has 0 unspecified atom stereocenters. The van der Waals surface area contributed by atoms with E-state index in [2.05, 4.69) is 6.92 Å². The molecule has 1 amide bonds.